The van der Waals surface area contributed by atoms with Crippen molar-refractivity contribution in [1.82, 2.24) is 0 Å². The van der Waals surface area contributed by atoms with Gasteiger partial charge in [0.05, 0.1) is 0 Å². The van der Waals surface area contributed by atoms with Gasteiger partial charge in [0.25, 0.3) is 5.85 Å². The van der Waals surface area contributed by atoms with Gasteiger partial charge in [-0.05, 0) is 0 Å². The molecule has 0 aromatic carbocycles. The third-order valence-corrected chi connectivity index (χ3v) is 1.59. The first-order chi connectivity index (χ1) is 5.01. The van der Waals surface area contributed by atoms with Gasteiger partial charge in [0.1, 0.15) is 18.8 Å². The summed E-state index contributed by atoms with van der Waals surface area (Å²) >= 11 is 0. The van der Waals surface area contributed by atoms with Gasteiger partial charge in [0, 0.05) is 0 Å². The van der Waals surface area contributed by atoms with E-state index in [-0.39, 0.29) is 0 Å². The molecule has 0 radical (unpaired) electrons. The Morgan fingerprint density at radius 2 is 1.91 bits per heavy atom. The minimum Gasteiger partial charge on any atom is -0.390 e. The first-order valence-corrected chi connectivity index (χ1v) is 3.03. The van der Waals surface area contributed by atoms with Crippen LogP contribution in [0.1, 0.15) is 0 Å². The van der Waals surface area contributed by atoms with Crippen molar-refractivity contribution in [3.8, 4) is 0 Å². The third-order valence-electron chi connectivity index (χ3n) is 1.59. The van der Waals surface area contributed by atoms with Crippen molar-refractivity contribution in [1.29, 1.82) is 0 Å². The number of aliphatic hydroxyl groups is 4. The lowest BCUT2D eigenvalue weighted by Gasteiger charge is -2.18. The molecule has 0 amide bonds. The molecule has 6 heteroatoms. The van der Waals surface area contributed by atoms with Crippen LogP contribution >= 0.6 is 0 Å². The zero-order chi connectivity index (χ0) is 8.65. The minimum atomic E-state index is -2.75. The van der Waals surface area contributed by atoms with Gasteiger partial charge >= 0.3 is 0 Å². The second-order valence-electron chi connectivity index (χ2n) is 2.39. The third kappa shape index (κ3) is 1.23. The van der Waals surface area contributed by atoms with Crippen molar-refractivity contribution in [2.24, 2.45) is 0 Å². The fraction of sp³-hybridized carbons (Fsp3) is 1.00. The Labute approximate surface area is 61.6 Å². The van der Waals surface area contributed by atoms with Crippen molar-refractivity contribution in [3.63, 3.8) is 0 Å². The summed E-state index contributed by atoms with van der Waals surface area (Å²) in [5.41, 5.74) is 0. The van der Waals surface area contributed by atoms with Crippen molar-refractivity contribution >= 4 is 0 Å². The lowest BCUT2D eigenvalue weighted by atomic mass is 10.1. The van der Waals surface area contributed by atoms with Gasteiger partial charge in [-0.1, -0.05) is 0 Å². The summed E-state index contributed by atoms with van der Waals surface area (Å²) < 4.78 is 17.0. The van der Waals surface area contributed by atoms with E-state index in [0.717, 1.165) is 0 Å². The van der Waals surface area contributed by atoms with E-state index in [1.54, 1.807) is 0 Å². The van der Waals surface area contributed by atoms with Gasteiger partial charge in [0.15, 0.2) is 6.29 Å². The molecule has 1 saturated heterocycles. The highest BCUT2D eigenvalue weighted by Gasteiger charge is 2.54. The molecule has 1 aliphatic rings. The highest BCUT2D eigenvalue weighted by Crippen LogP contribution is 2.30. The van der Waals surface area contributed by atoms with Gasteiger partial charge in [-0.15, -0.1) is 0 Å². The monoisotopic (exact) mass is 168 g/mol. The molecule has 4 N–H and O–H groups in total. The van der Waals surface area contributed by atoms with Gasteiger partial charge < -0.3 is 25.2 Å². The average molecular weight is 168 g/mol. The normalized spacial score (nSPS) is 51.5. The Hall–Kier alpha value is -0.270. The number of ether oxygens (including phenoxy) is 1. The predicted octanol–water partition coefficient (Wildman–Crippen LogP) is -2.29. The molecule has 1 rings (SSSR count). The van der Waals surface area contributed by atoms with E-state index in [9.17, 15) is 4.39 Å². The molecule has 1 heterocycles. The molecule has 11 heavy (non-hydrogen) atoms. The van der Waals surface area contributed by atoms with Gasteiger partial charge in [-0.25, -0.2) is 4.39 Å². The molecule has 0 bridgehead atoms. The van der Waals surface area contributed by atoms with E-state index in [1.807, 2.05) is 0 Å². The summed E-state index contributed by atoms with van der Waals surface area (Å²) in [6, 6.07) is 0. The Kier molecular flexibility index (Phi) is 2.13. The summed E-state index contributed by atoms with van der Waals surface area (Å²) in [7, 11) is 0. The van der Waals surface area contributed by atoms with Crippen LogP contribution in [0.5, 0.6) is 0 Å². The molecular weight excluding hydrogens is 159 g/mol. The summed E-state index contributed by atoms with van der Waals surface area (Å²) in [5, 5.41) is 34.6. The summed E-state index contributed by atoms with van der Waals surface area (Å²) in [6.45, 7) is -1.11. The molecule has 5 nitrogen and oxygen atoms in total. The van der Waals surface area contributed by atoms with Crippen molar-refractivity contribution < 1.29 is 29.6 Å². The van der Waals surface area contributed by atoms with E-state index >= 15 is 0 Å². The van der Waals surface area contributed by atoms with Crippen molar-refractivity contribution in [3.05, 3.63) is 0 Å². The number of hydrogen-bond donors (Lipinski definition) is 4. The van der Waals surface area contributed by atoms with Gasteiger partial charge in [-0.3, -0.25) is 0 Å². The molecule has 1 aliphatic heterocycles. The highest BCUT2D eigenvalue weighted by molar-refractivity contribution is 4.91. The van der Waals surface area contributed by atoms with E-state index in [1.165, 1.54) is 0 Å². The molecule has 0 saturated carbocycles. The molecule has 0 aromatic heterocycles. The van der Waals surface area contributed by atoms with Crippen LogP contribution in [0.25, 0.3) is 0 Å². The van der Waals surface area contributed by atoms with Gasteiger partial charge in [0.2, 0.25) is 0 Å². The smallest absolute Gasteiger partial charge is 0.263 e. The van der Waals surface area contributed by atoms with Gasteiger partial charge in [-0.2, -0.15) is 0 Å². The van der Waals surface area contributed by atoms with E-state index in [4.69, 9.17) is 20.4 Å². The Morgan fingerprint density at radius 1 is 1.36 bits per heavy atom. The zero-order valence-corrected chi connectivity index (χ0v) is 5.51. The predicted molar refractivity (Wildman–Crippen MR) is 30.0 cm³/mol. The largest absolute Gasteiger partial charge is 0.390 e. The molecule has 0 unspecified atom stereocenters. The summed E-state index contributed by atoms with van der Waals surface area (Å²) in [5.74, 6) is -2.75. The maximum Gasteiger partial charge on any atom is 0.263 e. The van der Waals surface area contributed by atoms with Crippen molar-refractivity contribution in [2.45, 2.75) is 24.4 Å². The van der Waals surface area contributed by atoms with Crippen LogP contribution in [0, 0.1) is 0 Å². The summed E-state index contributed by atoms with van der Waals surface area (Å²) in [6.07, 6.45) is -5.42. The second-order valence-corrected chi connectivity index (χ2v) is 2.39. The summed E-state index contributed by atoms with van der Waals surface area (Å²) in [4.78, 5) is 0. The highest BCUT2D eigenvalue weighted by atomic mass is 19.2. The molecular formula is C5H9FO5. The quantitative estimate of drug-likeness (QED) is 0.354. The average Bonchev–Trinajstić information content (AvgIpc) is 2.17. The molecule has 0 aromatic rings. The Morgan fingerprint density at radius 3 is 2.09 bits per heavy atom. The number of aliphatic hydroxyl groups excluding tert-OH is 4. The van der Waals surface area contributed by atoms with Crippen molar-refractivity contribution in [2.75, 3.05) is 6.61 Å². The maximum atomic E-state index is 12.9. The zero-order valence-electron chi connectivity index (χ0n) is 5.51. The van der Waals surface area contributed by atoms with E-state index in [2.05, 4.69) is 4.74 Å². The molecule has 1 fully saturated rings. The van der Waals surface area contributed by atoms with Crippen LogP contribution in [0.3, 0.4) is 0 Å². The lowest BCUT2D eigenvalue weighted by Crippen LogP contribution is -2.42. The molecule has 0 spiro atoms. The molecule has 4 atom stereocenters. The topological polar surface area (TPSA) is 90.2 Å². The Bertz CT molecular complexity index is 154. The number of rotatable bonds is 1. The second kappa shape index (κ2) is 2.65. The molecule has 0 aliphatic carbocycles. The van der Waals surface area contributed by atoms with Crippen LogP contribution < -0.4 is 0 Å². The first kappa shape index (κ1) is 8.82. The fourth-order valence-corrected chi connectivity index (χ4v) is 0.882. The first-order valence-electron chi connectivity index (χ1n) is 3.03. The van der Waals surface area contributed by atoms with E-state index in [0.29, 0.717) is 0 Å². The minimum absolute atomic E-state index is 1.11. The lowest BCUT2D eigenvalue weighted by molar-refractivity contribution is -0.232. The SMILES string of the molecule is OC[C@@]1(F)O[C@@H](O)[C@H](O)[C@@H]1O. The van der Waals surface area contributed by atoms with Crippen LogP contribution in [0.15, 0.2) is 0 Å². The number of alkyl halides is 1. The number of hydrogen-bond acceptors (Lipinski definition) is 5. The van der Waals surface area contributed by atoms with Crippen LogP contribution in [-0.2, 0) is 4.74 Å². The number of halogens is 1. The van der Waals surface area contributed by atoms with Crippen LogP contribution in [0.4, 0.5) is 4.39 Å². The van der Waals surface area contributed by atoms with E-state index < -0.39 is 31.0 Å². The standard InChI is InChI=1S/C5H9FO5/c6-5(1-7)3(9)2(8)4(10)11-5/h2-4,7-10H,1H2/t2-,3+,4-,5-/m1/s1. The fourth-order valence-electron chi connectivity index (χ4n) is 0.882. The Balaban J connectivity index is 2.73. The maximum absolute atomic E-state index is 12.9. The molecule has 66 valence electrons. The van der Waals surface area contributed by atoms with Crippen LogP contribution in [-0.4, -0.2) is 51.4 Å². The van der Waals surface area contributed by atoms with Crippen LogP contribution in [0.2, 0.25) is 0 Å².